The van der Waals surface area contributed by atoms with Gasteiger partial charge in [0, 0.05) is 5.69 Å². The third-order valence-corrected chi connectivity index (χ3v) is 3.32. The molecule has 5 heteroatoms. The molecule has 0 bridgehead atoms. The van der Waals surface area contributed by atoms with Crippen LogP contribution < -0.4 is 15.8 Å². The zero-order chi connectivity index (χ0) is 16.0. The molecular weight excluding hydrogens is 278 g/mol. The lowest BCUT2D eigenvalue weighted by molar-refractivity contribution is 0.0674. The molecule has 1 atom stereocenters. The van der Waals surface area contributed by atoms with Crippen LogP contribution in [0.4, 0.5) is 5.69 Å². The summed E-state index contributed by atoms with van der Waals surface area (Å²) in [6.07, 6.45) is 0. The summed E-state index contributed by atoms with van der Waals surface area (Å²) in [6.45, 7) is 1.89. The third kappa shape index (κ3) is 4.23. The summed E-state index contributed by atoms with van der Waals surface area (Å²) in [5, 5.41) is 13.4. The lowest BCUT2D eigenvalue weighted by atomic mass is 9.96. The number of rotatable bonds is 5. The smallest absolute Gasteiger partial charge is 0.193 e. The lowest BCUT2D eigenvalue weighted by Gasteiger charge is -2.21. The summed E-state index contributed by atoms with van der Waals surface area (Å²) in [6, 6.07) is 16.7. The number of nitrogens with one attached hydrogen (secondary N) is 1. The Morgan fingerprint density at radius 1 is 1.18 bits per heavy atom. The van der Waals surface area contributed by atoms with Crippen LogP contribution in [0.2, 0.25) is 0 Å². The molecule has 0 aliphatic carbocycles. The van der Waals surface area contributed by atoms with E-state index in [-0.39, 0.29) is 12.5 Å². The number of hydrogen-bond acceptors (Lipinski definition) is 3. The highest BCUT2D eigenvalue weighted by molar-refractivity contribution is 5.92. The Balaban J connectivity index is 1.99. The van der Waals surface area contributed by atoms with Gasteiger partial charge < -0.3 is 20.9 Å². The van der Waals surface area contributed by atoms with Gasteiger partial charge in [-0.05, 0) is 36.8 Å². The molecule has 0 aromatic heterocycles. The topological polar surface area (TPSA) is 79.9 Å². The second-order valence-electron chi connectivity index (χ2n) is 5.19. The Hall–Kier alpha value is -2.53. The zero-order valence-corrected chi connectivity index (χ0v) is 12.8. The van der Waals surface area contributed by atoms with Crippen LogP contribution in [0.3, 0.4) is 0 Å². The molecule has 0 amide bonds. The molecule has 0 aliphatic rings. The fraction of sp³-hybridized carbons (Fsp3) is 0.235. The number of methoxy groups -OCH3 is 1. The van der Waals surface area contributed by atoms with E-state index in [2.05, 4.69) is 10.3 Å². The van der Waals surface area contributed by atoms with Crippen molar-refractivity contribution in [3.05, 3.63) is 60.2 Å². The van der Waals surface area contributed by atoms with Crippen molar-refractivity contribution in [1.29, 1.82) is 0 Å². The first-order chi connectivity index (χ1) is 10.5. The molecule has 1 unspecified atom stereocenters. The maximum absolute atomic E-state index is 10.5. The molecule has 0 saturated carbocycles. The van der Waals surface area contributed by atoms with Gasteiger partial charge in [0.25, 0.3) is 0 Å². The summed E-state index contributed by atoms with van der Waals surface area (Å²) >= 11 is 0. The second kappa shape index (κ2) is 6.95. The van der Waals surface area contributed by atoms with Gasteiger partial charge in [0.1, 0.15) is 11.4 Å². The largest absolute Gasteiger partial charge is 0.497 e. The van der Waals surface area contributed by atoms with Gasteiger partial charge in [0.05, 0.1) is 13.7 Å². The molecule has 2 aromatic carbocycles. The highest BCUT2D eigenvalue weighted by atomic mass is 16.5. The van der Waals surface area contributed by atoms with Crippen molar-refractivity contribution in [2.24, 2.45) is 10.7 Å². The number of ether oxygens (including phenoxy) is 1. The second-order valence-corrected chi connectivity index (χ2v) is 5.19. The minimum atomic E-state index is -1.06. The molecule has 0 fully saturated rings. The van der Waals surface area contributed by atoms with Crippen molar-refractivity contribution < 1.29 is 9.84 Å². The predicted octanol–water partition coefficient (Wildman–Crippen LogP) is 2.33. The highest BCUT2D eigenvalue weighted by Gasteiger charge is 2.22. The van der Waals surface area contributed by atoms with E-state index >= 15 is 0 Å². The van der Waals surface area contributed by atoms with E-state index in [0.29, 0.717) is 0 Å². The molecule has 2 aromatic rings. The van der Waals surface area contributed by atoms with Gasteiger partial charge in [-0.25, -0.2) is 4.99 Å². The third-order valence-electron chi connectivity index (χ3n) is 3.32. The molecule has 4 N–H and O–H groups in total. The molecule has 0 aliphatic heterocycles. The average molecular weight is 299 g/mol. The van der Waals surface area contributed by atoms with Crippen LogP contribution in [0, 0.1) is 0 Å². The Morgan fingerprint density at radius 2 is 1.82 bits per heavy atom. The highest BCUT2D eigenvalue weighted by Crippen LogP contribution is 2.20. The van der Waals surface area contributed by atoms with Crippen molar-refractivity contribution >= 4 is 11.6 Å². The van der Waals surface area contributed by atoms with Gasteiger partial charge in [-0.2, -0.15) is 0 Å². The average Bonchev–Trinajstić information content (AvgIpc) is 2.55. The first-order valence-electron chi connectivity index (χ1n) is 7.00. The number of nitrogens with zero attached hydrogens (tertiary/aromatic N) is 1. The van der Waals surface area contributed by atoms with Crippen molar-refractivity contribution in [2.75, 3.05) is 19.0 Å². The zero-order valence-electron chi connectivity index (χ0n) is 12.8. The molecule has 2 rings (SSSR count). The van der Waals surface area contributed by atoms with Crippen molar-refractivity contribution in [2.45, 2.75) is 12.5 Å². The number of aliphatic imine (C=N–C) groups is 1. The van der Waals surface area contributed by atoms with Gasteiger partial charge in [-0.3, -0.25) is 0 Å². The quantitative estimate of drug-likeness (QED) is 0.585. The van der Waals surface area contributed by atoms with E-state index < -0.39 is 5.60 Å². The number of benzene rings is 2. The number of guanidine groups is 1. The maximum Gasteiger partial charge on any atom is 0.193 e. The normalized spacial score (nSPS) is 14.2. The van der Waals surface area contributed by atoms with Crippen molar-refractivity contribution in [3.8, 4) is 5.75 Å². The van der Waals surface area contributed by atoms with Gasteiger partial charge in [0.2, 0.25) is 0 Å². The van der Waals surface area contributed by atoms with Gasteiger partial charge >= 0.3 is 0 Å². The summed E-state index contributed by atoms with van der Waals surface area (Å²) in [5.74, 6) is 1.02. The van der Waals surface area contributed by atoms with Gasteiger partial charge in [-0.15, -0.1) is 0 Å². The van der Waals surface area contributed by atoms with Crippen LogP contribution in [-0.2, 0) is 5.60 Å². The van der Waals surface area contributed by atoms with E-state index in [1.165, 1.54) is 0 Å². The number of nitrogens with two attached hydrogens (primary N) is 1. The fourth-order valence-corrected chi connectivity index (χ4v) is 1.99. The van der Waals surface area contributed by atoms with Crippen LogP contribution >= 0.6 is 0 Å². The van der Waals surface area contributed by atoms with E-state index in [0.717, 1.165) is 17.0 Å². The van der Waals surface area contributed by atoms with Crippen LogP contribution in [0.15, 0.2) is 59.6 Å². The first-order valence-corrected chi connectivity index (χ1v) is 7.00. The maximum atomic E-state index is 10.5. The summed E-state index contributed by atoms with van der Waals surface area (Å²) in [4.78, 5) is 4.21. The first kappa shape index (κ1) is 15.9. The van der Waals surface area contributed by atoms with Gasteiger partial charge in [0.15, 0.2) is 5.96 Å². The van der Waals surface area contributed by atoms with E-state index in [4.69, 9.17) is 10.5 Å². The SMILES string of the molecule is COc1ccc(NC(N)=NCC(C)(O)c2ccccc2)cc1. The van der Waals surface area contributed by atoms with Gasteiger partial charge in [-0.1, -0.05) is 30.3 Å². The molecule has 0 heterocycles. The summed E-state index contributed by atoms with van der Waals surface area (Å²) in [7, 11) is 1.61. The number of aliphatic hydroxyl groups is 1. The Kier molecular flexibility index (Phi) is 5.01. The number of hydrogen-bond donors (Lipinski definition) is 3. The number of anilines is 1. The van der Waals surface area contributed by atoms with E-state index in [1.807, 2.05) is 54.6 Å². The van der Waals surface area contributed by atoms with Crippen LogP contribution in [0.25, 0.3) is 0 Å². The molecule has 0 saturated heterocycles. The Bertz CT molecular complexity index is 622. The molecule has 0 spiro atoms. The lowest BCUT2D eigenvalue weighted by Crippen LogP contribution is -2.29. The molecule has 5 nitrogen and oxygen atoms in total. The fourth-order valence-electron chi connectivity index (χ4n) is 1.99. The molecule has 0 radical (unpaired) electrons. The van der Waals surface area contributed by atoms with Crippen LogP contribution in [0.5, 0.6) is 5.75 Å². The summed E-state index contributed by atoms with van der Waals surface area (Å²) in [5.41, 5.74) is 6.40. The minimum Gasteiger partial charge on any atom is -0.497 e. The summed E-state index contributed by atoms with van der Waals surface area (Å²) < 4.78 is 5.09. The molecular formula is C17H21N3O2. The monoisotopic (exact) mass is 299 g/mol. The Labute approximate surface area is 130 Å². The molecule has 116 valence electrons. The van der Waals surface area contributed by atoms with Crippen molar-refractivity contribution in [1.82, 2.24) is 0 Å². The predicted molar refractivity (Wildman–Crippen MR) is 89.1 cm³/mol. The minimum absolute atomic E-state index is 0.173. The van der Waals surface area contributed by atoms with Crippen LogP contribution in [-0.4, -0.2) is 24.7 Å². The Morgan fingerprint density at radius 3 is 2.41 bits per heavy atom. The van der Waals surface area contributed by atoms with Crippen LogP contribution in [0.1, 0.15) is 12.5 Å². The van der Waals surface area contributed by atoms with E-state index in [9.17, 15) is 5.11 Å². The van der Waals surface area contributed by atoms with E-state index in [1.54, 1.807) is 14.0 Å². The van der Waals surface area contributed by atoms with Crippen molar-refractivity contribution in [3.63, 3.8) is 0 Å². The molecule has 22 heavy (non-hydrogen) atoms. The standard InChI is InChI=1S/C17H21N3O2/c1-17(21,13-6-4-3-5-7-13)12-19-16(18)20-14-8-10-15(22-2)11-9-14/h3-11,21H,12H2,1-2H3,(H3,18,19,20).